The summed E-state index contributed by atoms with van der Waals surface area (Å²) in [5, 5.41) is 0. The van der Waals surface area contributed by atoms with Crippen molar-refractivity contribution in [3.63, 3.8) is 0 Å². The molecule has 1 aliphatic heterocycles. The second-order valence-corrected chi connectivity index (χ2v) is 8.66. The van der Waals surface area contributed by atoms with Crippen molar-refractivity contribution in [1.29, 1.82) is 0 Å². The van der Waals surface area contributed by atoms with E-state index >= 15 is 0 Å². The molecule has 1 fully saturated rings. The van der Waals surface area contributed by atoms with E-state index in [0.717, 1.165) is 25.7 Å². The van der Waals surface area contributed by atoms with Gasteiger partial charge in [0, 0.05) is 33.8 Å². The summed E-state index contributed by atoms with van der Waals surface area (Å²) in [4.78, 5) is 14.3. The summed E-state index contributed by atoms with van der Waals surface area (Å²) < 4.78 is 23.4. The lowest BCUT2D eigenvalue weighted by atomic mass is 10.1. The SMILES string of the molecule is O=C(c1cc(Br)cc(S(=O)(=O)Cl)c1)N1CCCCCCC1. The Hall–Kier alpha value is -0.590. The third-order valence-electron chi connectivity index (χ3n) is 3.54. The Morgan fingerprint density at radius 1 is 1.05 bits per heavy atom. The molecule has 0 atom stereocenters. The third-order valence-corrected chi connectivity index (χ3v) is 5.33. The van der Waals surface area contributed by atoms with Crippen LogP contribution >= 0.6 is 26.6 Å². The molecule has 0 bridgehead atoms. The van der Waals surface area contributed by atoms with Crippen LogP contribution < -0.4 is 0 Å². The van der Waals surface area contributed by atoms with Crippen LogP contribution in [0.5, 0.6) is 0 Å². The van der Waals surface area contributed by atoms with Gasteiger partial charge in [-0.1, -0.05) is 35.2 Å². The Kier molecular flexibility index (Phi) is 5.68. The second kappa shape index (κ2) is 7.11. The summed E-state index contributed by atoms with van der Waals surface area (Å²) in [6, 6.07) is 4.37. The monoisotopic (exact) mass is 393 g/mol. The fourth-order valence-corrected chi connectivity index (χ4v) is 3.91. The molecular formula is C14H17BrClNO3S. The maximum atomic E-state index is 12.6. The highest BCUT2D eigenvalue weighted by Gasteiger charge is 2.20. The van der Waals surface area contributed by atoms with Gasteiger partial charge in [0.05, 0.1) is 4.90 Å². The molecule has 1 aromatic rings. The van der Waals surface area contributed by atoms with Crippen LogP contribution in [0.1, 0.15) is 42.5 Å². The normalized spacial score (nSPS) is 17.1. The Bertz CT molecular complexity index is 625. The third kappa shape index (κ3) is 4.69. The summed E-state index contributed by atoms with van der Waals surface area (Å²) >= 11 is 3.23. The number of benzene rings is 1. The molecule has 1 aliphatic rings. The van der Waals surface area contributed by atoms with Crippen molar-refractivity contribution in [2.75, 3.05) is 13.1 Å². The molecule has 0 N–H and O–H groups in total. The second-order valence-electron chi connectivity index (χ2n) is 5.17. The van der Waals surface area contributed by atoms with Gasteiger partial charge in [-0.25, -0.2) is 8.42 Å². The summed E-state index contributed by atoms with van der Waals surface area (Å²) in [5.41, 5.74) is 0.351. The maximum absolute atomic E-state index is 12.6. The standard InChI is InChI=1S/C14H17BrClNO3S/c15-12-8-11(9-13(10-12)21(16,19)20)14(18)17-6-4-2-1-3-5-7-17/h8-10H,1-7H2. The van der Waals surface area contributed by atoms with Crippen molar-refractivity contribution in [1.82, 2.24) is 4.90 Å². The first-order valence-corrected chi connectivity index (χ1v) is 10.0. The minimum Gasteiger partial charge on any atom is -0.339 e. The van der Waals surface area contributed by atoms with Gasteiger partial charge in [0.25, 0.3) is 15.0 Å². The van der Waals surface area contributed by atoms with E-state index in [1.807, 2.05) is 0 Å². The van der Waals surface area contributed by atoms with Crippen molar-refractivity contribution < 1.29 is 13.2 Å². The molecule has 0 radical (unpaired) electrons. The lowest BCUT2D eigenvalue weighted by Crippen LogP contribution is -2.33. The van der Waals surface area contributed by atoms with Gasteiger partial charge in [0.2, 0.25) is 0 Å². The van der Waals surface area contributed by atoms with E-state index in [-0.39, 0.29) is 10.8 Å². The van der Waals surface area contributed by atoms with E-state index in [1.165, 1.54) is 18.6 Å². The van der Waals surface area contributed by atoms with Crippen LogP contribution in [0, 0.1) is 0 Å². The first-order valence-electron chi connectivity index (χ1n) is 6.92. The number of carbonyl (C=O) groups is 1. The van der Waals surface area contributed by atoms with Crippen molar-refractivity contribution in [3.8, 4) is 0 Å². The molecule has 2 rings (SSSR count). The van der Waals surface area contributed by atoms with E-state index in [4.69, 9.17) is 10.7 Å². The summed E-state index contributed by atoms with van der Waals surface area (Å²) in [5.74, 6) is -0.139. The van der Waals surface area contributed by atoms with Gasteiger partial charge in [0.15, 0.2) is 0 Å². The number of carbonyl (C=O) groups excluding carboxylic acids is 1. The number of likely N-dealkylation sites (tertiary alicyclic amines) is 1. The van der Waals surface area contributed by atoms with E-state index in [2.05, 4.69) is 15.9 Å². The lowest BCUT2D eigenvalue weighted by Gasteiger charge is -2.25. The Labute approximate surface area is 138 Å². The average molecular weight is 395 g/mol. The molecule has 7 heteroatoms. The van der Waals surface area contributed by atoms with Crippen molar-refractivity contribution in [3.05, 3.63) is 28.2 Å². The molecule has 1 saturated heterocycles. The summed E-state index contributed by atoms with van der Waals surface area (Å²) in [6.07, 6.45) is 5.45. The van der Waals surface area contributed by atoms with Crippen LogP contribution in [0.2, 0.25) is 0 Å². The topological polar surface area (TPSA) is 54.5 Å². The van der Waals surface area contributed by atoms with Gasteiger partial charge in [0.1, 0.15) is 0 Å². The number of halogens is 2. The smallest absolute Gasteiger partial charge is 0.261 e. The van der Waals surface area contributed by atoms with E-state index in [0.29, 0.717) is 23.1 Å². The zero-order valence-electron chi connectivity index (χ0n) is 11.5. The fourth-order valence-electron chi connectivity index (χ4n) is 2.46. The molecule has 0 spiro atoms. The van der Waals surface area contributed by atoms with Crippen molar-refractivity contribution in [2.45, 2.75) is 37.0 Å². The number of hydrogen-bond donors (Lipinski definition) is 0. The van der Waals surface area contributed by atoms with Crippen LogP contribution in [0.25, 0.3) is 0 Å². The molecule has 21 heavy (non-hydrogen) atoms. The van der Waals surface area contributed by atoms with E-state index in [9.17, 15) is 13.2 Å². The van der Waals surface area contributed by atoms with Crippen LogP contribution in [-0.2, 0) is 9.05 Å². The molecular weight excluding hydrogens is 378 g/mol. The van der Waals surface area contributed by atoms with Crippen molar-refractivity contribution >= 4 is 41.6 Å². The highest BCUT2D eigenvalue weighted by molar-refractivity contribution is 9.10. The molecule has 116 valence electrons. The van der Waals surface area contributed by atoms with Gasteiger partial charge in [-0.3, -0.25) is 4.79 Å². The van der Waals surface area contributed by atoms with Crippen molar-refractivity contribution in [2.24, 2.45) is 0 Å². The van der Waals surface area contributed by atoms with E-state index < -0.39 is 9.05 Å². The maximum Gasteiger partial charge on any atom is 0.261 e. The molecule has 4 nitrogen and oxygen atoms in total. The zero-order chi connectivity index (χ0) is 15.5. The van der Waals surface area contributed by atoms with E-state index in [1.54, 1.807) is 11.0 Å². The molecule has 0 aromatic heterocycles. The molecule has 0 saturated carbocycles. The first-order chi connectivity index (χ1) is 9.88. The van der Waals surface area contributed by atoms with Crippen LogP contribution in [-0.4, -0.2) is 32.3 Å². The van der Waals surface area contributed by atoms with Crippen LogP contribution in [0.4, 0.5) is 0 Å². The highest BCUT2D eigenvalue weighted by atomic mass is 79.9. The highest BCUT2D eigenvalue weighted by Crippen LogP contribution is 2.24. The minimum absolute atomic E-state index is 0.0612. The molecule has 1 heterocycles. The van der Waals surface area contributed by atoms with Crippen LogP contribution in [0.15, 0.2) is 27.6 Å². The first kappa shape index (κ1) is 16.8. The molecule has 1 amide bonds. The van der Waals surface area contributed by atoms with Gasteiger partial charge < -0.3 is 4.90 Å². The minimum atomic E-state index is -3.85. The number of hydrogen-bond acceptors (Lipinski definition) is 3. The largest absolute Gasteiger partial charge is 0.339 e. The number of nitrogens with zero attached hydrogens (tertiary/aromatic N) is 1. The van der Waals surface area contributed by atoms with Gasteiger partial charge in [-0.15, -0.1) is 0 Å². The summed E-state index contributed by atoms with van der Waals surface area (Å²) in [7, 11) is 1.51. The number of amides is 1. The predicted molar refractivity (Wildman–Crippen MR) is 86.2 cm³/mol. The number of rotatable bonds is 2. The van der Waals surface area contributed by atoms with Gasteiger partial charge >= 0.3 is 0 Å². The molecule has 0 unspecified atom stereocenters. The van der Waals surface area contributed by atoms with Crippen LogP contribution in [0.3, 0.4) is 0 Å². The molecule has 0 aliphatic carbocycles. The Morgan fingerprint density at radius 3 is 2.19 bits per heavy atom. The Morgan fingerprint density at radius 2 is 1.62 bits per heavy atom. The van der Waals surface area contributed by atoms with Gasteiger partial charge in [-0.05, 0) is 31.0 Å². The van der Waals surface area contributed by atoms with Gasteiger partial charge in [-0.2, -0.15) is 0 Å². The molecule has 1 aromatic carbocycles. The fraction of sp³-hybridized carbons (Fsp3) is 0.500. The zero-order valence-corrected chi connectivity index (χ0v) is 14.7. The average Bonchev–Trinajstić information content (AvgIpc) is 2.36. The Balaban J connectivity index is 2.27. The summed E-state index contributed by atoms with van der Waals surface area (Å²) in [6.45, 7) is 1.43. The lowest BCUT2D eigenvalue weighted by molar-refractivity contribution is 0.0742. The predicted octanol–water partition coefficient (Wildman–Crippen LogP) is 3.78. The quantitative estimate of drug-likeness (QED) is 0.717.